The first kappa shape index (κ1) is 17.0. The Hall–Kier alpha value is -1.82. The molecule has 0 aliphatic carbocycles. The molecule has 3 heterocycles. The number of rotatable bonds is 7. The molecule has 126 valence electrons. The second-order valence-corrected chi connectivity index (χ2v) is 6.48. The van der Waals surface area contributed by atoms with Gasteiger partial charge in [-0.3, -0.25) is 4.98 Å². The third kappa shape index (κ3) is 4.38. The fraction of sp³-hybridized carbons (Fsp3) is 0.389. The van der Waals surface area contributed by atoms with Gasteiger partial charge in [0.15, 0.2) is 0 Å². The van der Waals surface area contributed by atoms with Crippen LogP contribution in [0.2, 0.25) is 5.15 Å². The lowest BCUT2D eigenvalue weighted by atomic mass is 10.1. The van der Waals surface area contributed by atoms with Crippen LogP contribution in [-0.4, -0.2) is 47.3 Å². The van der Waals surface area contributed by atoms with Gasteiger partial charge in [0.05, 0.1) is 23.2 Å². The maximum atomic E-state index is 7.67. The van der Waals surface area contributed by atoms with Crippen molar-refractivity contribution in [2.75, 3.05) is 26.2 Å². The SMILES string of the molecule is N=C/C(=C\[NH2+]CCCN1CCCC1)c1cnc2ccc(Cl)nc2c1. The molecule has 0 saturated carbocycles. The lowest BCUT2D eigenvalue weighted by molar-refractivity contribution is -0.587. The lowest BCUT2D eigenvalue weighted by Crippen LogP contribution is -2.78. The number of pyridine rings is 2. The zero-order chi connectivity index (χ0) is 16.8. The molecule has 0 unspecified atom stereocenters. The molecule has 2 aromatic heterocycles. The number of hydrogen-bond acceptors (Lipinski definition) is 4. The third-order valence-corrected chi connectivity index (χ3v) is 4.54. The summed E-state index contributed by atoms with van der Waals surface area (Å²) in [6.07, 6.45) is 9.00. The number of nitrogens with one attached hydrogen (secondary N) is 1. The van der Waals surface area contributed by atoms with E-state index in [1.165, 1.54) is 38.7 Å². The van der Waals surface area contributed by atoms with E-state index in [0.717, 1.165) is 35.1 Å². The number of likely N-dealkylation sites (tertiary alicyclic amines) is 1. The quantitative estimate of drug-likeness (QED) is 0.460. The Kier molecular flexibility index (Phi) is 5.91. The minimum Gasteiger partial charge on any atom is -0.319 e. The highest BCUT2D eigenvalue weighted by molar-refractivity contribution is 6.29. The number of halogens is 1. The van der Waals surface area contributed by atoms with E-state index in [4.69, 9.17) is 17.0 Å². The number of allylic oxidation sites excluding steroid dienone is 1. The number of aromatic nitrogens is 2. The summed E-state index contributed by atoms with van der Waals surface area (Å²) >= 11 is 5.95. The Morgan fingerprint density at radius 3 is 2.92 bits per heavy atom. The first-order chi connectivity index (χ1) is 11.8. The van der Waals surface area contributed by atoms with Crippen molar-refractivity contribution in [2.24, 2.45) is 0 Å². The van der Waals surface area contributed by atoms with Crippen LogP contribution in [0.25, 0.3) is 16.6 Å². The van der Waals surface area contributed by atoms with Crippen molar-refractivity contribution in [3.63, 3.8) is 0 Å². The summed E-state index contributed by atoms with van der Waals surface area (Å²) in [4.78, 5) is 11.2. The molecular weight excluding hydrogens is 322 g/mol. The molecule has 0 radical (unpaired) electrons. The summed E-state index contributed by atoms with van der Waals surface area (Å²) in [5, 5.41) is 10.3. The van der Waals surface area contributed by atoms with E-state index >= 15 is 0 Å². The van der Waals surface area contributed by atoms with E-state index in [1.54, 1.807) is 12.3 Å². The van der Waals surface area contributed by atoms with Crippen molar-refractivity contribution in [2.45, 2.75) is 19.3 Å². The van der Waals surface area contributed by atoms with Crippen LogP contribution in [0.1, 0.15) is 24.8 Å². The van der Waals surface area contributed by atoms with Crippen LogP contribution in [0, 0.1) is 5.41 Å². The van der Waals surface area contributed by atoms with Gasteiger partial charge in [0.2, 0.25) is 0 Å². The number of nitrogens with two attached hydrogens (primary N) is 1. The summed E-state index contributed by atoms with van der Waals surface area (Å²) in [5.74, 6) is 0. The summed E-state index contributed by atoms with van der Waals surface area (Å²) in [6, 6.07) is 5.52. The molecule has 1 aliphatic rings. The molecule has 0 amide bonds. The van der Waals surface area contributed by atoms with E-state index in [1.807, 2.05) is 18.3 Å². The summed E-state index contributed by atoms with van der Waals surface area (Å²) in [5.41, 5.74) is 3.29. The molecule has 2 aromatic rings. The molecule has 1 saturated heterocycles. The molecule has 3 N–H and O–H groups in total. The first-order valence-electron chi connectivity index (χ1n) is 8.45. The Bertz CT molecular complexity index is 737. The van der Waals surface area contributed by atoms with Gasteiger partial charge < -0.3 is 15.6 Å². The van der Waals surface area contributed by atoms with Crippen LogP contribution in [-0.2, 0) is 0 Å². The van der Waals surface area contributed by atoms with Crippen molar-refractivity contribution < 1.29 is 5.32 Å². The Labute approximate surface area is 147 Å². The van der Waals surface area contributed by atoms with Crippen LogP contribution >= 0.6 is 11.6 Å². The Balaban J connectivity index is 1.61. The van der Waals surface area contributed by atoms with E-state index in [2.05, 4.69) is 20.2 Å². The molecule has 0 aromatic carbocycles. The fourth-order valence-electron chi connectivity index (χ4n) is 3.02. The Morgan fingerprint density at radius 1 is 1.29 bits per heavy atom. The number of hydrogen-bond donors (Lipinski definition) is 2. The maximum Gasteiger partial charge on any atom is 0.129 e. The third-order valence-electron chi connectivity index (χ3n) is 4.33. The summed E-state index contributed by atoms with van der Waals surface area (Å²) < 4.78 is 0. The first-order valence-corrected chi connectivity index (χ1v) is 8.83. The minimum atomic E-state index is 0.454. The normalized spacial score (nSPS) is 16.0. The molecule has 0 bridgehead atoms. The smallest absolute Gasteiger partial charge is 0.129 e. The monoisotopic (exact) mass is 344 g/mol. The van der Waals surface area contributed by atoms with E-state index in [9.17, 15) is 0 Å². The van der Waals surface area contributed by atoms with Crippen LogP contribution < -0.4 is 5.32 Å². The second kappa shape index (κ2) is 8.33. The molecular formula is C18H23ClN5+. The number of fused-ring (bicyclic) bond motifs is 1. The average Bonchev–Trinajstić information content (AvgIpc) is 3.11. The molecule has 0 spiro atoms. The average molecular weight is 345 g/mol. The molecule has 1 aliphatic heterocycles. The van der Waals surface area contributed by atoms with Crippen LogP contribution in [0.15, 0.2) is 30.6 Å². The summed E-state index contributed by atoms with van der Waals surface area (Å²) in [6.45, 7) is 4.70. The highest BCUT2D eigenvalue weighted by Gasteiger charge is 2.10. The van der Waals surface area contributed by atoms with Crippen LogP contribution in [0.4, 0.5) is 0 Å². The lowest BCUT2D eigenvalue weighted by Gasteiger charge is -2.12. The predicted molar refractivity (Wildman–Crippen MR) is 98.4 cm³/mol. The molecule has 0 atom stereocenters. The number of nitrogens with zero attached hydrogens (tertiary/aromatic N) is 3. The molecule has 1 fully saturated rings. The van der Waals surface area contributed by atoms with Gasteiger partial charge in [-0.25, -0.2) is 4.98 Å². The van der Waals surface area contributed by atoms with Gasteiger partial charge in [-0.2, -0.15) is 0 Å². The van der Waals surface area contributed by atoms with Gasteiger partial charge in [0.1, 0.15) is 11.4 Å². The van der Waals surface area contributed by atoms with Gasteiger partial charge in [0, 0.05) is 30.9 Å². The van der Waals surface area contributed by atoms with Crippen LogP contribution in [0.3, 0.4) is 0 Å². The maximum absolute atomic E-state index is 7.67. The van der Waals surface area contributed by atoms with Crippen LogP contribution in [0.5, 0.6) is 0 Å². The molecule has 6 heteroatoms. The summed E-state index contributed by atoms with van der Waals surface area (Å²) in [7, 11) is 0. The zero-order valence-corrected chi connectivity index (χ0v) is 14.5. The number of quaternary nitrogens is 1. The van der Waals surface area contributed by atoms with Crippen molar-refractivity contribution in [3.05, 3.63) is 41.3 Å². The van der Waals surface area contributed by atoms with Gasteiger partial charge in [-0.05, 0) is 44.1 Å². The zero-order valence-electron chi connectivity index (χ0n) is 13.7. The highest BCUT2D eigenvalue weighted by atomic mass is 35.5. The fourth-order valence-corrected chi connectivity index (χ4v) is 3.17. The molecule has 5 nitrogen and oxygen atoms in total. The predicted octanol–water partition coefficient (Wildman–Crippen LogP) is 2.32. The topological polar surface area (TPSA) is 69.5 Å². The van der Waals surface area contributed by atoms with Crippen molar-refractivity contribution in [1.82, 2.24) is 14.9 Å². The van der Waals surface area contributed by atoms with Gasteiger partial charge in [-0.1, -0.05) is 11.6 Å². The molecule has 24 heavy (non-hydrogen) atoms. The van der Waals surface area contributed by atoms with E-state index < -0.39 is 0 Å². The highest BCUT2D eigenvalue weighted by Crippen LogP contribution is 2.18. The van der Waals surface area contributed by atoms with Crippen molar-refractivity contribution in [3.8, 4) is 0 Å². The second-order valence-electron chi connectivity index (χ2n) is 6.09. The largest absolute Gasteiger partial charge is 0.319 e. The van der Waals surface area contributed by atoms with Crippen molar-refractivity contribution in [1.29, 1.82) is 5.41 Å². The Morgan fingerprint density at radius 2 is 2.12 bits per heavy atom. The van der Waals surface area contributed by atoms with Crippen molar-refractivity contribution >= 4 is 34.4 Å². The van der Waals surface area contributed by atoms with Gasteiger partial charge >= 0.3 is 0 Å². The van der Waals surface area contributed by atoms with E-state index in [-0.39, 0.29) is 0 Å². The standard InChI is InChI=1S/C18H22ClN5/c19-18-5-4-16-17(23-18)10-14(13-22-16)15(11-20)12-21-6-3-9-24-7-1-2-8-24/h4-5,10-13,20-21H,1-3,6-9H2/p+1/b15-12+,20-11?. The van der Waals surface area contributed by atoms with Gasteiger partial charge in [0.25, 0.3) is 0 Å². The minimum absolute atomic E-state index is 0.454. The van der Waals surface area contributed by atoms with E-state index in [0.29, 0.717) is 5.15 Å². The van der Waals surface area contributed by atoms with Gasteiger partial charge in [-0.15, -0.1) is 0 Å². The molecule has 3 rings (SSSR count).